The molecule has 0 saturated carbocycles. The number of nitrogens with one attached hydrogen (secondary N) is 1. The fraction of sp³-hybridized carbons (Fsp3) is 0.296. The number of anilines is 1. The number of para-hydroxylation sites is 1. The van der Waals surface area contributed by atoms with Crippen molar-refractivity contribution >= 4 is 21.6 Å². The number of aryl methyl sites for hydroxylation is 1. The van der Waals surface area contributed by atoms with Gasteiger partial charge >= 0.3 is 0 Å². The third-order valence-electron chi connectivity index (χ3n) is 6.31. The van der Waals surface area contributed by atoms with E-state index in [9.17, 15) is 13.2 Å². The van der Waals surface area contributed by atoms with Gasteiger partial charge in [0.05, 0.1) is 10.6 Å². The van der Waals surface area contributed by atoms with Gasteiger partial charge in [0.15, 0.2) is 0 Å². The molecule has 0 aromatic heterocycles. The van der Waals surface area contributed by atoms with Gasteiger partial charge in [0.25, 0.3) is 15.9 Å². The lowest BCUT2D eigenvalue weighted by molar-refractivity contribution is 0.0941. The number of fused-ring (bicyclic) bond motifs is 1. The molecule has 0 spiro atoms. The molecule has 6 nitrogen and oxygen atoms in total. The standard InChI is InChI=1S/C27H31N3O3S/c1-29(2)24(19-21-9-4-3-5-10-21)20-28-27(31)23-14-16-25(17-15-23)34(32,33)30-18-8-12-22-11-6-7-13-26(22)30/h3-7,9-11,13-17,24H,8,12,18-20H2,1-2H3,(H,28,31). The maximum Gasteiger partial charge on any atom is 0.264 e. The van der Waals surface area contributed by atoms with Crippen molar-refractivity contribution in [3.63, 3.8) is 0 Å². The Bertz CT molecular complexity index is 1230. The first-order chi connectivity index (χ1) is 16.4. The van der Waals surface area contributed by atoms with Crippen LogP contribution in [0.3, 0.4) is 0 Å². The van der Waals surface area contributed by atoms with Gasteiger partial charge in [0.1, 0.15) is 0 Å². The van der Waals surface area contributed by atoms with E-state index in [1.54, 1.807) is 12.1 Å². The molecule has 34 heavy (non-hydrogen) atoms. The summed E-state index contributed by atoms with van der Waals surface area (Å²) in [6, 6.07) is 24.2. The lowest BCUT2D eigenvalue weighted by Gasteiger charge is -2.30. The quantitative estimate of drug-likeness (QED) is 0.537. The summed E-state index contributed by atoms with van der Waals surface area (Å²) < 4.78 is 28.1. The van der Waals surface area contributed by atoms with Gasteiger partial charge in [-0.2, -0.15) is 0 Å². The van der Waals surface area contributed by atoms with E-state index in [-0.39, 0.29) is 16.8 Å². The summed E-state index contributed by atoms with van der Waals surface area (Å²) in [5.74, 6) is -0.216. The Morgan fingerprint density at radius 3 is 2.35 bits per heavy atom. The van der Waals surface area contributed by atoms with E-state index >= 15 is 0 Å². The molecule has 0 aliphatic carbocycles. The topological polar surface area (TPSA) is 69.7 Å². The third-order valence-corrected chi connectivity index (χ3v) is 8.14. The van der Waals surface area contributed by atoms with Crippen LogP contribution >= 0.6 is 0 Å². The van der Waals surface area contributed by atoms with E-state index in [1.807, 2.05) is 56.6 Å². The van der Waals surface area contributed by atoms with Crippen molar-refractivity contribution < 1.29 is 13.2 Å². The average Bonchev–Trinajstić information content (AvgIpc) is 2.86. The summed E-state index contributed by atoms with van der Waals surface area (Å²) in [5, 5.41) is 2.99. The van der Waals surface area contributed by atoms with Crippen LogP contribution in [0.2, 0.25) is 0 Å². The zero-order valence-electron chi connectivity index (χ0n) is 19.6. The maximum absolute atomic E-state index is 13.3. The first-order valence-electron chi connectivity index (χ1n) is 11.6. The fourth-order valence-electron chi connectivity index (χ4n) is 4.29. The number of nitrogens with zero attached hydrogens (tertiary/aromatic N) is 2. The van der Waals surface area contributed by atoms with Crippen molar-refractivity contribution in [1.29, 1.82) is 0 Å². The number of sulfonamides is 1. The SMILES string of the molecule is CN(C)C(CNC(=O)c1ccc(S(=O)(=O)N2CCCc3ccccc32)cc1)Cc1ccccc1. The summed E-state index contributed by atoms with van der Waals surface area (Å²) in [7, 11) is 0.302. The molecule has 3 aromatic carbocycles. The smallest absolute Gasteiger partial charge is 0.264 e. The van der Waals surface area contributed by atoms with E-state index in [4.69, 9.17) is 0 Å². The first-order valence-corrected chi connectivity index (χ1v) is 13.0. The van der Waals surface area contributed by atoms with Gasteiger partial charge in [0.2, 0.25) is 0 Å². The van der Waals surface area contributed by atoms with Gasteiger partial charge in [-0.05, 0) is 74.8 Å². The summed E-state index contributed by atoms with van der Waals surface area (Å²) in [6.07, 6.45) is 2.48. The maximum atomic E-state index is 13.3. The molecule has 1 atom stereocenters. The second-order valence-corrected chi connectivity index (χ2v) is 10.7. The molecule has 0 bridgehead atoms. The van der Waals surface area contributed by atoms with Crippen molar-refractivity contribution in [2.75, 3.05) is 31.5 Å². The van der Waals surface area contributed by atoms with E-state index in [0.717, 1.165) is 30.5 Å². The zero-order valence-corrected chi connectivity index (χ0v) is 20.5. The van der Waals surface area contributed by atoms with Crippen LogP contribution in [0.1, 0.15) is 27.9 Å². The molecule has 1 amide bonds. The Morgan fingerprint density at radius 1 is 0.971 bits per heavy atom. The summed E-state index contributed by atoms with van der Waals surface area (Å²) in [4.78, 5) is 15.0. The average molecular weight is 478 g/mol. The van der Waals surface area contributed by atoms with Gasteiger partial charge in [-0.25, -0.2) is 8.42 Å². The third kappa shape index (κ3) is 5.32. The number of likely N-dealkylation sites (N-methyl/N-ethyl adjacent to an activating group) is 1. The number of rotatable bonds is 8. The summed E-state index contributed by atoms with van der Waals surface area (Å²) in [6.45, 7) is 0.945. The molecule has 0 fully saturated rings. The van der Waals surface area contributed by atoms with Crippen LogP contribution in [-0.4, -0.2) is 52.5 Å². The van der Waals surface area contributed by atoms with Crippen molar-refractivity contribution in [2.24, 2.45) is 0 Å². The molecule has 178 valence electrons. The highest BCUT2D eigenvalue weighted by atomic mass is 32.2. The monoisotopic (exact) mass is 477 g/mol. The first kappa shape index (κ1) is 24.0. The molecule has 1 aliphatic heterocycles. The molecule has 1 unspecified atom stereocenters. The van der Waals surface area contributed by atoms with Crippen LogP contribution in [-0.2, 0) is 22.9 Å². The molecule has 0 saturated heterocycles. The zero-order chi connectivity index (χ0) is 24.1. The summed E-state index contributed by atoms with van der Waals surface area (Å²) >= 11 is 0. The highest BCUT2D eigenvalue weighted by Crippen LogP contribution is 2.31. The van der Waals surface area contributed by atoms with Gasteiger partial charge in [-0.3, -0.25) is 9.10 Å². The minimum Gasteiger partial charge on any atom is -0.350 e. The molecule has 1 N–H and O–H groups in total. The van der Waals surface area contributed by atoms with Crippen LogP contribution in [0.4, 0.5) is 5.69 Å². The van der Waals surface area contributed by atoms with E-state index < -0.39 is 10.0 Å². The Kier molecular flexibility index (Phi) is 7.34. The molecular formula is C27H31N3O3S. The highest BCUT2D eigenvalue weighted by Gasteiger charge is 2.29. The van der Waals surface area contributed by atoms with Crippen molar-refractivity contribution in [1.82, 2.24) is 10.2 Å². The number of hydrogen-bond donors (Lipinski definition) is 1. The number of benzene rings is 3. The van der Waals surface area contributed by atoms with E-state index in [0.29, 0.717) is 18.7 Å². The van der Waals surface area contributed by atoms with E-state index in [2.05, 4.69) is 22.3 Å². The van der Waals surface area contributed by atoms with Crippen molar-refractivity contribution in [2.45, 2.75) is 30.2 Å². The van der Waals surface area contributed by atoms with Crippen LogP contribution in [0.5, 0.6) is 0 Å². The minimum absolute atomic E-state index is 0.144. The van der Waals surface area contributed by atoms with Crippen molar-refractivity contribution in [3.05, 3.63) is 95.6 Å². The molecule has 0 radical (unpaired) electrons. The second kappa shape index (κ2) is 10.4. The molecule has 4 rings (SSSR count). The highest BCUT2D eigenvalue weighted by molar-refractivity contribution is 7.92. The van der Waals surface area contributed by atoms with Crippen LogP contribution in [0, 0.1) is 0 Å². The molecule has 1 aliphatic rings. The Labute approximate surface area is 202 Å². The minimum atomic E-state index is -3.69. The predicted molar refractivity (Wildman–Crippen MR) is 136 cm³/mol. The van der Waals surface area contributed by atoms with Crippen LogP contribution < -0.4 is 9.62 Å². The van der Waals surface area contributed by atoms with E-state index in [1.165, 1.54) is 22.0 Å². The predicted octanol–water partition coefficient (Wildman–Crippen LogP) is 3.73. The lowest BCUT2D eigenvalue weighted by atomic mass is 10.0. The van der Waals surface area contributed by atoms with Gasteiger partial charge < -0.3 is 10.2 Å². The van der Waals surface area contributed by atoms with Gasteiger partial charge in [-0.15, -0.1) is 0 Å². The second-order valence-electron chi connectivity index (χ2n) is 8.85. The molecule has 3 aromatic rings. The van der Waals surface area contributed by atoms with Gasteiger partial charge in [-0.1, -0.05) is 48.5 Å². The summed E-state index contributed by atoms with van der Waals surface area (Å²) in [5.41, 5.74) is 3.43. The van der Waals surface area contributed by atoms with Crippen molar-refractivity contribution in [3.8, 4) is 0 Å². The normalized spacial score (nSPS) is 14.5. The molecule has 7 heteroatoms. The van der Waals surface area contributed by atoms with Crippen LogP contribution in [0.25, 0.3) is 0 Å². The van der Waals surface area contributed by atoms with Crippen LogP contribution in [0.15, 0.2) is 83.8 Å². The fourth-order valence-corrected chi connectivity index (χ4v) is 5.83. The molecule has 1 heterocycles. The Hall–Kier alpha value is -3.16. The number of carbonyl (C=O) groups is 1. The number of hydrogen-bond acceptors (Lipinski definition) is 4. The number of amides is 1. The largest absolute Gasteiger partial charge is 0.350 e. The molecular weight excluding hydrogens is 446 g/mol. The Balaban J connectivity index is 1.43. The number of carbonyl (C=O) groups excluding carboxylic acids is 1. The van der Waals surface area contributed by atoms with Gasteiger partial charge in [0, 0.05) is 24.7 Å². The lowest BCUT2D eigenvalue weighted by Crippen LogP contribution is -2.41. The Morgan fingerprint density at radius 2 is 1.65 bits per heavy atom.